The number of hydrogen-bond donors (Lipinski definition) is 1. The minimum absolute atomic E-state index is 0.314. The Bertz CT molecular complexity index is 185. The molecule has 3 nitrogen and oxygen atoms in total. The van der Waals surface area contributed by atoms with Gasteiger partial charge in [0.1, 0.15) is 0 Å². The summed E-state index contributed by atoms with van der Waals surface area (Å²) in [4.78, 5) is 0. The van der Waals surface area contributed by atoms with Crippen molar-refractivity contribution in [2.45, 2.75) is 32.3 Å². The molecule has 1 fully saturated rings. The molecular formula is C10H17NO2. The lowest BCUT2D eigenvalue weighted by Gasteiger charge is -2.13. The Kier molecular flexibility index (Phi) is 4.54. The molecule has 0 bridgehead atoms. The maximum absolute atomic E-state index is 8.18. The number of hydrogen-bond acceptors (Lipinski definition) is 3. The van der Waals surface area contributed by atoms with E-state index in [1.54, 1.807) is 0 Å². The van der Waals surface area contributed by atoms with E-state index in [1.807, 2.05) is 13.0 Å². The number of oxime groups is 1. The van der Waals surface area contributed by atoms with Crippen molar-refractivity contribution in [3.05, 3.63) is 12.2 Å². The first kappa shape index (κ1) is 10.3. The molecule has 1 aliphatic carbocycles. The van der Waals surface area contributed by atoms with Gasteiger partial charge in [0.15, 0.2) is 0 Å². The van der Waals surface area contributed by atoms with Gasteiger partial charge < -0.3 is 9.94 Å². The Morgan fingerprint density at radius 3 is 2.92 bits per heavy atom. The summed E-state index contributed by atoms with van der Waals surface area (Å²) >= 11 is 0. The van der Waals surface area contributed by atoms with Crippen LogP contribution in [0.5, 0.6) is 0 Å². The zero-order valence-corrected chi connectivity index (χ0v) is 8.02. The van der Waals surface area contributed by atoms with Gasteiger partial charge in [0, 0.05) is 0 Å². The van der Waals surface area contributed by atoms with Gasteiger partial charge in [-0.15, -0.1) is 0 Å². The van der Waals surface area contributed by atoms with E-state index in [-0.39, 0.29) is 0 Å². The molecule has 0 aromatic rings. The van der Waals surface area contributed by atoms with Crippen LogP contribution in [0.15, 0.2) is 17.3 Å². The second-order valence-electron chi connectivity index (χ2n) is 3.31. The first-order valence-electron chi connectivity index (χ1n) is 4.77. The average molecular weight is 183 g/mol. The maximum atomic E-state index is 8.18. The Morgan fingerprint density at radius 2 is 2.38 bits per heavy atom. The van der Waals surface area contributed by atoms with Crippen LogP contribution in [0.2, 0.25) is 0 Å². The van der Waals surface area contributed by atoms with E-state index < -0.39 is 0 Å². The highest BCUT2D eigenvalue weighted by Crippen LogP contribution is 2.35. The van der Waals surface area contributed by atoms with Crippen molar-refractivity contribution in [2.75, 3.05) is 6.61 Å². The number of ether oxygens (including phenoxy) is 1. The number of allylic oxidation sites excluding steroid dienone is 1. The van der Waals surface area contributed by atoms with Crippen molar-refractivity contribution in [1.82, 2.24) is 0 Å². The predicted molar refractivity (Wildman–Crippen MR) is 52.2 cm³/mol. The summed E-state index contributed by atoms with van der Waals surface area (Å²) in [7, 11) is 0. The number of nitrogens with zero attached hydrogens (tertiary/aromatic N) is 1. The van der Waals surface area contributed by atoms with E-state index >= 15 is 0 Å². The van der Waals surface area contributed by atoms with E-state index in [9.17, 15) is 0 Å². The van der Waals surface area contributed by atoms with Crippen LogP contribution in [0.3, 0.4) is 0 Å². The molecular weight excluding hydrogens is 166 g/mol. The third-order valence-electron chi connectivity index (χ3n) is 2.22. The number of rotatable bonds is 6. The normalized spacial score (nSPS) is 20.1. The standard InChI is InChI=1S/C10H17NO2/c1-2-3-4-10(9-5-6-9)13-8-7-11-12/h2-3,7,9-10,12H,4-6,8H2,1H3/b3-2+,11-7?/t10-/m1/s1. The molecule has 0 aromatic carbocycles. The van der Waals surface area contributed by atoms with Gasteiger partial charge in [-0.3, -0.25) is 0 Å². The fourth-order valence-electron chi connectivity index (χ4n) is 1.33. The lowest BCUT2D eigenvalue weighted by Crippen LogP contribution is -2.15. The zero-order chi connectivity index (χ0) is 9.52. The van der Waals surface area contributed by atoms with Gasteiger partial charge in [-0.2, -0.15) is 0 Å². The molecule has 1 atom stereocenters. The van der Waals surface area contributed by atoms with Gasteiger partial charge in [-0.05, 0) is 32.1 Å². The molecule has 0 amide bonds. The second kappa shape index (κ2) is 5.75. The van der Waals surface area contributed by atoms with Crippen molar-refractivity contribution in [2.24, 2.45) is 11.1 Å². The minimum atomic E-state index is 0.314. The summed E-state index contributed by atoms with van der Waals surface area (Å²) in [5.41, 5.74) is 0. The predicted octanol–water partition coefficient (Wildman–Crippen LogP) is 2.21. The molecule has 1 rings (SSSR count). The van der Waals surface area contributed by atoms with Crippen LogP contribution in [-0.2, 0) is 4.74 Å². The van der Waals surface area contributed by atoms with Crippen LogP contribution >= 0.6 is 0 Å². The highest BCUT2D eigenvalue weighted by molar-refractivity contribution is 5.57. The van der Waals surface area contributed by atoms with E-state index in [2.05, 4.69) is 11.2 Å². The van der Waals surface area contributed by atoms with Gasteiger partial charge >= 0.3 is 0 Å². The lowest BCUT2D eigenvalue weighted by atomic mass is 10.1. The molecule has 0 radical (unpaired) electrons. The van der Waals surface area contributed by atoms with Crippen molar-refractivity contribution >= 4 is 6.21 Å². The lowest BCUT2D eigenvalue weighted by molar-refractivity contribution is 0.0678. The van der Waals surface area contributed by atoms with E-state index in [1.165, 1.54) is 19.1 Å². The van der Waals surface area contributed by atoms with E-state index in [0.717, 1.165) is 12.3 Å². The monoisotopic (exact) mass is 183 g/mol. The molecule has 0 saturated heterocycles. The molecule has 0 heterocycles. The molecule has 0 aromatic heterocycles. The molecule has 74 valence electrons. The van der Waals surface area contributed by atoms with Crippen molar-refractivity contribution in [3.8, 4) is 0 Å². The van der Waals surface area contributed by atoms with Gasteiger partial charge in [-0.1, -0.05) is 17.3 Å². The molecule has 1 N–H and O–H groups in total. The molecule has 3 heteroatoms. The van der Waals surface area contributed by atoms with Gasteiger partial charge in [0.25, 0.3) is 0 Å². The quantitative estimate of drug-likeness (QED) is 0.297. The Hall–Kier alpha value is -0.830. The topological polar surface area (TPSA) is 41.8 Å². The third kappa shape index (κ3) is 4.08. The van der Waals surface area contributed by atoms with Gasteiger partial charge in [0.05, 0.1) is 18.9 Å². The molecule has 0 unspecified atom stereocenters. The zero-order valence-electron chi connectivity index (χ0n) is 8.02. The SMILES string of the molecule is C/C=C/C[C@@H](OCC=NO)C1CC1. The second-order valence-corrected chi connectivity index (χ2v) is 3.31. The Morgan fingerprint density at radius 1 is 1.62 bits per heavy atom. The summed E-state index contributed by atoms with van der Waals surface area (Å²) in [6, 6.07) is 0. The molecule has 0 spiro atoms. The van der Waals surface area contributed by atoms with Crippen molar-refractivity contribution in [3.63, 3.8) is 0 Å². The summed E-state index contributed by atoms with van der Waals surface area (Å²) in [6.45, 7) is 2.42. The average Bonchev–Trinajstić information content (AvgIpc) is 2.94. The molecule has 1 saturated carbocycles. The summed E-state index contributed by atoms with van der Waals surface area (Å²) in [5.74, 6) is 0.725. The Balaban J connectivity index is 2.20. The van der Waals surface area contributed by atoms with Crippen molar-refractivity contribution in [1.29, 1.82) is 0 Å². The van der Waals surface area contributed by atoms with Crippen LogP contribution in [0.1, 0.15) is 26.2 Å². The smallest absolute Gasteiger partial charge is 0.0855 e. The van der Waals surface area contributed by atoms with Crippen LogP contribution in [-0.4, -0.2) is 24.1 Å². The first-order chi connectivity index (χ1) is 6.38. The minimum Gasteiger partial charge on any atom is -0.411 e. The van der Waals surface area contributed by atoms with E-state index in [0.29, 0.717) is 12.7 Å². The summed E-state index contributed by atoms with van der Waals surface area (Å²) in [5, 5.41) is 11.1. The molecule has 13 heavy (non-hydrogen) atoms. The third-order valence-corrected chi connectivity index (χ3v) is 2.22. The first-order valence-corrected chi connectivity index (χ1v) is 4.77. The largest absolute Gasteiger partial charge is 0.411 e. The maximum Gasteiger partial charge on any atom is 0.0855 e. The molecule has 0 aliphatic heterocycles. The highest BCUT2D eigenvalue weighted by atomic mass is 16.5. The van der Waals surface area contributed by atoms with E-state index in [4.69, 9.17) is 9.94 Å². The van der Waals surface area contributed by atoms with Crippen LogP contribution in [0.25, 0.3) is 0 Å². The molecule has 1 aliphatic rings. The Labute approximate surface area is 79.1 Å². The highest BCUT2D eigenvalue weighted by Gasteiger charge is 2.30. The summed E-state index contributed by atoms with van der Waals surface area (Å²) < 4.78 is 5.55. The fraction of sp³-hybridized carbons (Fsp3) is 0.700. The van der Waals surface area contributed by atoms with Crippen LogP contribution in [0, 0.1) is 5.92 Å². The van der Waals surface area contributed by atoms with Crippen LogP contribution in [0.4, 0.5) is 0 Å². The summed E-state index contributed by atoms with van der Waals surface area (Å²) in [6.07, 6.45) is 9.38. The van der Waals surface area contributed by atoms with Crippen molar-refractivity contribution < 1.29 is 9.94 Å². The van der Waals surface area contributed by atoms with Gasteiger partial charge in [-0.25, -0.2) is 0 Å². The van der Waals surface area contributed by atoms with Crippen LogP contribution < -0.4 is 0 Å². The fourth-order valence-corrected chi connectivity index (χ4v) is 1.33. The van der Waals surface area contributed by atoms with Gasteiger partial charge in [0.2, 0.25) is 0 Å².